The van der Waals surface area contributed by atoms with Crippen LogP contribution >= 0.6 is 23.2 Å². The molecule has 122 valence electrons. The molecular formula is C17H17Cl2NO3. The highest BCUT2D eigenvalue weighted by Crippen LogP contribution is 2.32. The first-order valence-electron chi connectivity index (χ1n) is 7.06. The van der Waals surface area contributed by atoms with Crippen LogP contribution in [0.15, 0.2) is 42.5 Å². The lowest BCUT2D eigenvalue weighted by Crippen LogP contribution is -2.30. The van der Waals surface area contributed by atoms with Gasteiger partial charge in [0, 0.05) is 6.54 Å². The van der Waals surface area contributed by atoms with Crippen LogP contribution in [0, 0.1) is 0 Å². The van der Waals surface area contributed by atoms with Crippen LogP contribution in [0.4, 0.5) is 0 Å². The van der Waals surface area contributed by atoms with E-state index in [1.54, 1.807) is 25.3 Å². The SMILES string of the molecule is COc1ccc(CCNC(=O)COc2c(Cl)cccc2Cl)cc1. The van der Waals surface area contributed by atoms with Crippen molar-refractivity contribution < 1.29 is 14.3 Å². The zero-order valence-electron chi connectivity index (χ0n) is 12.6. The third kappa shape index (κ3) is 5.34. The molecule has 0 bridgehead atoms. The molecule has 2 aromatic carbocycles. The van der Waals surface area contributed by atoms with E-state index in [9.17, 15) is 4.79 Å². The van der Waals surface area contributed by atoms with Gasteiger partial charge in [-0.2, -0.15) is 0 Å². The minimum atomic E-state index is -0.227. The molecule has 1 N–H and O–H groups in total. The molecule has 4 nitrogen and oxygen atoms in total. The lowest BCUT2D eigenvalue weighted by Gasteiger charge is -2.10. The first-order chi connectivity index (χ1) is 11.1. The molecule has 0 aliphatic carbocycles. The summed E-state index contributed by atoms with van der Waals surface area (Å²) in [5, 5.41) is 3.54. The Kier molecular flexibility index (Phi) is 6.56. The second kappa shape index (κ2) is 8.65. The summed E-state index contributed by atoms with van der Waals surface area (Å²) in [6, 6.07) is 12.7. The van der Waals surface area contributed by atoms with Gasteiger partial charge in [-0.05, 0) is 36.2 Å². The van der Waals surface area contributed by atoms with E-state index in [0.717, 1.165) is 17.7 Å². The summed E-state index contributed by atoms with van der Waals surface area (Å²) in [6.07, 6.45) is 0.725. The van der Waals surface area contributed by atoms with Crippen molar-refractivity contribution in [2.45, 2.75) is 6.42 Å². The number of amides is 1. The Hall–Kier alpha value is -1.91. The van der Waals surface area contributed by atoms with E-state index >= 15 is 0 Å². The summed E-state index contributed by atoms with van der Waals surface area (Å²) in [5.41, 5.74) is 1.11. The van der Waals surface area contributed by atoms with Crippen LogP contribution < -0.4 is 14.8 Å². The highest BCUT2D eigenvalue weighted by molar-refractivity contribution is 6.37. The minimum Gasteiger partial charge on any atom is -0.497 e. The molecule has 0 saturated heterocycles. The van der Waals surface area contributed by atoms with Crippen molar-refractivity contribution in [1.82, 2.24) is 5.32 Å². The van der Waals surface area contributed by atoms with Gasteiger partial charge in [0.1, 0.15) is 5.75 Å². The average Bonchev–Trinajstić information content (AvgIpc) is 2.55. The summed E-state index contributed by atoms with van der Waals surface area (Å²) in [4.78, 5) is 11.8. The molecule has 2 rings (SSSR count). The molecule has 0 fully saturated rings. The first-order valence-corrected chi connectivity index (χ1v) is 7.82. The Balaban J connectivity index is 1.74. The number of ether oxygens (including phenoxy) is 2. The van der Waals surface area contributed by atoms with Crippen LogP contribution in [-0.4, -0.2) is 26.2 Å². The van der Waals surface area contributed by atoms with Crippen LogP contribution in [0.1, 0.15) is 5.56 Å². The Bertz CT molecular complexity index is 639. The van der Waals surface area contributed by atoms with Crippen LogP contribution in [0.2, 0.25) is 10.0 Å². The van der Waals surface area contributed by atoms with E-state index in [0.29, 0.717) is 22.3 Å². The van der Waals surface area contributed by atoms with Crippen molar-refractivity contribution in [3.63, 3.8) is 0 Å². The van der Waals surface area contributed by atoms with Gasteiger partial charge in [-0.15, -0.1) is 0 Å². The minimum absolute atomic E-state index is 0.133. The number of halogens is 2. The number of hydrogen-bond donors (Lipinski definition) is 1. The molecule has 0 heterocycles. The van der Waals surface area contributed by atoms with Crippen molar-refractivity contribution in [2.24, 2.45) is 0 Å². The third-order valence-corrected chi connectivity index (χ3v) is 3.76. The quantitative estimate of drug-likeness (QED) is 0.824. The van der Waals surface area contributed by atoms with Gasteiger partial charge in [0.2, 0.25) is 0 Å². The number of rotatable bonds is 7. The normalized spacial score (nSPS) is 10.2. The summed E-state index contributed by atoms with van der Waals surface area (Å²) >= 11 is 11.9. The molecule has 0 aliphatic heterocycles. The second-order valence-electron chi connectivity index (χ2n) is 4.79. The van der Waals surface area contributed by atoms with Gasteiger partial charge in [0.25, 0.3) is 5.91 Å². The van der Waals surface area contributed by atoms with E-state index in [-0.39, 0.29) is 12.5 Å². The predicted molar refractivity (Wildman–Crippen MR) is 91.7 cm³/mol. The maximum atomic E-state index is 11.8. The Morgan fingerprint density at radius 3 is 2.35 bits per heavy atom. The Morgan fingerprint density at radius 1 is 1.09 bits per heavy atom. The molecule has 23 heavy (non-hydrogen) atoms. The molecular weight excluding hydrogens is 337 g/mol. The van der Waals surface area contributed by atoms with E-state index in [1.165, 1.54) is 0 Å². The van der Waals surface area contributed by atoms with Gasteiger partial charge in [-0.1, -0.05) is 41.4 Å². The lowest BCUT2D eigenvalue weighted by molar-refractivity contribution is -0.123. The van der Waals surface area contributed by atoms with E-state index in [4.69, 9.17) is 32.7 Å². The van der Waals surface area contributed by atoms with Crippen molar-refractivity contribution in [2.75, 3.05) is 20.3 Å². The zero-order valence-corrected chi connectivity index (χ0v) is 14.2. The monoisotopic (exact) mass is 353 g/mol. The fourth-order valence-corrected chi connectivity index (χ4v) is 2.45. The van der Waals surface area contributed by atoms with Crippen molar-refractivity contribution in [1.29, 1.82) is 0 Å². The predicted octanol–water partition coefficient (Wildman–Crippen LogP) is 3.74. The van der Waals surface area contributed by atoms with Gasteiger partial charge in [-0.3, -0.25) is 4.79 Å². The molecule has 0 aliphatic rings. The highest BCUT2D eigenvalue weighted by atomic mass is 35.5. The second-order valence-corrected chi connectivity index (χ2v) is 5.60. The van der Waals surface area contributed by atoms with Gasteiger partial charge in [0.05, 0.1) is 17.2 Å². The molecule has 0 radical (unpaired) electrons. The first kappa shape index (κ1) is 17.4. The standard InChI is InChI=1S/C17H17Cl2NO3/c1-22-13-7-5-12(6-8-13)9-10-20-16(21)11-23-17-14(18)3-2-4-15(17)19/h2-8H,9-11H2,1H3,(H,20,21). The van der Waals surface area contributed by atoms with Crippen molar-refractivity contribution in [3.8, 4) is 11.5 Å². The number of methoxy groups -OCH3 is 1. The van der Waals surface area contributed by atoms with Gasteiger partial charge in [-0.25, -0.2) is 0 Å². The lowest BCUT2D eigenvalue weighted by atomic mass is 10.1. The molecule has 1 amide bonds. The van der Waals surface area contributed by atoms with Crippen molar-refractivity contribution in [3.05, 3.63) is 58.1 Å². The molecule has 6 heteroatoms. The van der Waals surface area contributed by atoms with Crippen LogP contribution in [0.3, 0.4) is 0 Å². The third-order valence-electron chi connectivity index (χ3n) is 3.16. The number of carbonyl (C=O) groups is 1. The number of para-hydroxylation sites is 1. The fourth-order valence-electron chi connectivity index (χ4n) is 1.95. The van der Waals surface area contributed by atoms with Gasteiger partial charge < -0.3 is 14.8 Å². The van der Waals surface area contributed by atoms with Crippen molar-refractivity contribution >= 4 is 29.1 Å². The average molecular weight is 354 g/mol. The summed E-state index contributed by atoms with van der Waals surface area (Å²) in [5.74, 6) is 0.901. The van der Waals surface area contributed by atoms with Crippen LogP contribution in [0.5, 0.6) is 11.5 Å². The van der Waals surface area contributed by atoms with E-state index in [2.05, 4.69) is 5.32 Å². The smallest absolute Gasteiger partial charge is 0.257 e. The summed E-state index contributed by atoms with van der Waals surface area (Å²) in [6.45, 7) is 0.386. The number of carbonyl (C=O) groups excluding carboxylic acids is 1. The molecule has 0 aromatic heterocycles. The molecule has 0 saturated carbocycles. The largest absolute Gasteiger partial charge is 0.497 e. The highest BCUT2D eigenvalue weighted by Gasteiger charge is 2.09. The maximum absolute atomic E-state index is 11.8. The number of benzene rings is 2. The summed E-state index contributed by atoms with van der Waals surface area (Å²) < 4.78 is 10.5. The fraction of sp³-hybridized carbons (Fsp3) is 0.235. The molecule has 2 aromatic rings. The molecule has 0 atom stereocenters. The topological polar surface area (TPSA) is 47.6 Å². The zero-order chi connectivity index (χ0) is 16.7. The number of hydrogen-bond acceptors (Lipinski definition) is 3. The van der Waals surface area contributed by atoms with Gasteiger partial charge in [0.15, 0.2) is 12.4 Å². The van der Waals surface area contributed by atoms with Crippen LogP contribution in [0.25, 0.3) is 0 Å². The summed E-state index contributed by atoms with van der Waals surface area (Å²) in [7, 11) is 1.63. The van der Waals surface area contributed by atoms with E-state index in [1.807, 2.05) is 24.3 Å². The maximum Gasteiger partial charge on any atom is 0.257 e. The number of nitrogens with one attached hydrogen (secondary N) is 1. The Labute approximate surface area is 145 Å². The molecule has 0 spiro atoms. The molecule has 0 unspecified atom stereocenters. The Morgan fingerprint density at radius 2 is 1.74 bits per heavy atom. The van der Waals surface area contributed by atoms with Gasteiger partial charge >= 0.3 is 0 Å². The van der Waals surface area contributed by atoms with Crippen LogP contribution in [-0.2, 0) is 11.2 Å². The van der Waals surface area contributed by atoms with E-state index < -0.39 is 0 Å².